The Bertz CT molecular complexity index is 508. The molecule has 0 unspecified atom stereocenters. The van der Waals surface area contributed by atoms with Crippen LogP contribution in [0.2, 0.25) is 0 Å². The number of rotatable bonds is 4. The quantitative estimate of drug-likeness (QED) is 0.867. The van der Waals surface area contributed by atoms with E-state index < -0.39 is 0 Å². The van der Waals surface area contributed by atoms with Gasteiger partial charge in [0.2, 0.25) is 0 Å². The Morgan fingerprint density at radius 1 is 1.35 bits per heavy atom. The van der Waals surface area contributed by atoms with Crippen LogP contribution in [-0.4, -0.2) is 0 Å². The maximum atomic E-state index is 5.65. The number of aryl methyl sites for hydroxylation is 1. The zero-order valence-electron chi connectivity index (χ0n) is 9.57. The monoisotopic (exact) mass is 343 g/mol. The molecule has 2 rings (SSSR count). The van der Waals surface area contributed by atoms with Crippen molar-refractivity contribution >= 4 is 22.6 Å². The third kappa shape index (κ3) is 3.23. The molecule has 2 N–H and O–H groups in total. The molecule has 0 atom stereocenters. The smallest absolute Gasteiger partial charge is 0.146 e. The fraction of sp³-hybridized carbons (Fsp3) is 0.231. The van der Waals surface area contributed by atoms with Crippen LogP contribution < -0.4 is 10.5 Å². The predicted molar refractivity (Wildman–Crippen MR) is 74.8 cm³/mol. The van der Waals surface area contributed by atoms with Crippen LogP contribution in [0.4, 0.5) is 0 Å². The third-order valence-electron chi connectivity index (χ3n) is 2.47. The first-order valence-electron chi connectivity index (χ1n) is 5.35. The second-order valence-corrected chi connectivity index (χ2v) is 4.99. The Morgan fingerprint density at radius 3 is 2.82 bits per heavy atom. The van der Waals surface area contributed by atoms with Gasteiger partial charge in [-0.25, -0.2) is 0 Å². The number of halogens is 1. The molecule has 1 aromatic carbocycles. The Kier molecular flexibility index (Phi) is 4.06. The maximum absolute atomic E-state index is 5.65. The number of hydrogen-bond donors (Lipinski definition) is 1. The summed E-state index contributed by atoms with van der Waals surface area (Å²) in [6.07, 6.45) is 0. The van der Waals surface area contributed by atoms with Crippen molar-refractivity contribution in [1.29, 1.82) is 0 Å². The van der Waals surface area contributed by atoms with Crippen LogP contribution >= 0.6 is 22.6 Å². The minimum Gasteiger partial charge on any atom is -0.486 e. The fourth-order valence-corrected chi connectivity index (χ4v) is 2.09. The van der Waals surface area contributed by atoms with Gasteiger partial charge in [0, 0.05) is 15.7 Å². The van der Waals surface area contributed by atoms with Gasteiger partial charge in [-0.2, -0.15) is 0 Å². The Hall–Kier alpha value is -1.01. The van der Waals surface area contributed by atoms with Crippen molar-refractivity contribution in [1.82, 2.24) is 0 Å². The molecule has 0 saturated heterocycles. The molecule has 1 heterocycles. The van der Waals surface area contributed by atoms with Crippen LogP contribution in [0.1, 0.15) is 17.1 Å². The van der Waals surface area contributed by atoms with Crippen molar-refractivity contribution in [3.05, 3.63) is 51.0 Å². The van der Waals surface area contributed by atoms with E-state index in [2.05, 4.69) is 22.6 Å². The van der Waals surface area contributed by atoms with Crippen LogP contribution in [0.15, 0.2) is 34.7 Å². The van der Waals surface area contributed by atoms with E-state index in [1.54, 1.807) is 0 Å². The summed E-state index contributed by atoms with van der Waals surface area (Å²) in [7, 11) is 0. The molecule has 0 aliphatic carbocycles. The molecular formula is C13H14INO2. The van der Waals surface area contributed by atoms with E-state index in [0.717, 1.165) is 26.4 Å². The molecule has 0 fully saturated rings. The maximum Gasteiger partial charge on any atom is 0.146 e. The van der Waals surface area contributed by atoms with Crippen LogP contribution in [0.5, 0.6) is 5.75 Å². The molecule has 0 amide bonds. The van der Waals surface area contributed by atoms with Crippen LogP contribution in [-0.2, 0) is 13.2 Å². The standard InChI is InChI=1S/C13H14INO2/c1-9-10(7-15)5-13(17-9)8-16-12-4-2-3-11(14)6-12/h2-6H,7-8,15H2,1H3. The van der Waals surface area contributed by atoms with Crippen molar-refractivity contribution in [3.8, 4) is 5.75 Å². The first-order valence-corrected chi connectivity index (χ1v) is 6.43. The van der Waals surface area contributed by atoms with E-state index in [4.69, 9.17) is 14.9 Å². The summed E-state index contributed by atoms with van der Waals surface area (Å²) in [6.45, 7) is 2.84. The second-order valence-electron chi connectivity index (χ2n) is 3.74. The molecule has 0 aliphatic heterocycles. The van der Waals surface area contributed by atoms with E-state index in [9.17, 15) is 0 Å². The lowest BCUT2D eigenvalue weighted by atomic mass is 10.2. The van der Waals surface area contributed by atoms with E-state index in [-0.39, 0.29) is 0 Å². The van der Waals surface area contributed by atoms with Crippen LogP contribution in [0.3, 0.4) is 0 Å². The highest BCUT2D eigenvalue weighted by Crippen LogP contribution is 2.19. The first-order chi connectivity index (χ1) is 8.19. The van der Waals surface area contributed by atoms with Gasteiger partial charge in [0.15, 0.2) is 0 Å². The zero-order chi connectivity index (χ0) is 12.3. The SMILES string of the molecule is Cc1oc(COc2cccc(I)c2)cc1CN. The number of ether oxygens (including phenoxy) is 1. The predicted octanol–water partition coefficient (Wildman–Crippen LogP) is 3.23. The summed E-state index contributed by atoms with van der Waals surface area (Å²) in [5.41, 5.74) is 6.62. The number of benzene rings is 1. The summed E-state index contributed by atoms with van der Waals surface area (Å²) in [6, 6.07) is 9.86. The Morgan fingerprint density at radius 2 is 2.18 bits per heavy atom. The molecule has 4 heteroatoms. The van der Waals surface area contributed by atoms with Crippen molar-refractivity contribution in [2.45, 2.75) is 20.1 Å². The molecular weight excluding hydrogens is 329 g/mol. The molecule has 0 spiro atoms. The van der Waals surface area contributed by atoms with Gasteiger partial charge in [0.05, 0.1) is 0 Å². The summed E-state index contributed by atoms with van der Waals surface area (Å²) in [4.78, 5) is 0. The average Bonchev–Trinajstić information content (AvgIpc) is 2.67. The largest absolute Gasteiger partial charge is 0.486 e. The van der Waals surface area contributed by atoms with Crippen molar-refractivity contribution in [3.63, 3.8) is 0 Å². The number of hydrogen-bond acceptors (Lipinski definition) is 3. The average molecular weight is 343 g/mol. The molecule has 3 nitrogen and oxygen atoms in total. The van der Waals surface area contributed by atoms with Crippen molar-refractivity contribution in [2.24, 2.45) is 5.73 Å². The highest BCUT2D eigenvalue weighted by atomic mass is 127. The lowest BCUT2D eigenvalue weighted by Gasteiger charge is -2.03. The van der Waals surface area contributed by atoms with Gasteiger partial charge in [-0.05, 0) is 53.8 Å². The molecule has 0 bridgehead atoms. The van der Waals surface area contributed by atoms with Gasteiger partial charge in [0.25, 0.3) is 0 Å². The van der Waals surface area contributed by atoms with E-state index >= 15 is 0 Å². The van der Waals surface area contributed by atoms with Crippen molar-refractivity contribution < 1.29 is 9.15 Å². The molecule has 0 aliphatic rings. The Labute approximate surface area is 114 Å². The van der Waals surface area contributed by atoms with Gasteiger partial charge in [-0.1, -0.05) is 6.07 Å². The zero-order valence-corrected chi connectivity index (χ0v) is 11.7. The lowest BCUT2D eigenvalue weighted by Crippen LogP contribution is -1.96. The summed E-state index contributed by atoms with van der Waals surface area (Å²) < 4.78 is 12.3. The molecule has 0 radical (unpaired) electrons. The van der Waals surface area contributed by atoms with Gasteiger partial charge < -0.3 is 14.9 Å². The highest BCUT2D eigenvalue weighted by Gasteiger charge is 2.06. The van der Waals surface area contributed by atoms with E-state index in [0.29, 0.717) is 13.2 Å². The fourth-order valence-electron chi connectivity index (χ4n) is 1.57. The topological polar surface area (TPSA) is 48.4 Å². The van der Waals surface area contributed by atoms with Gasteiger partial charge >= 0.3 is 0 Å². The molecule has 2 aromatic rings. The molecule has 17 heavy (non-hydrogen) atoms. The minimum atomic E-state index is 0.431. The molecule has 1 aromatic heterocycles. The van der Waals surface area contributed by atoms with Gasteiger partial charge in [-0.3, -0.25) is 0 Å². The van der Waals surface area contributed by atoms with Crippen LogP contribution in [0, 0.1) is 10.5 Å². The summed E-state index contributed by atoms with van der Waals surface area (Å²) >= 11 is 2.26. The highest BCUT2D eigenvalue weighted by molar-refractivity contribution is 14.1. The van der Waals surface area contributed by atoms with Gasteiger partial charge in [0.1, 0.15) is 23.9 Å². The van der Waals surface area contributed by atoms with Crippen LogP contribution in [0.25, 0.3) is 0 Å². The third-order valence-corrected chi connectivity index (χ3v) is 3.14. The normalized spacial score (nSPS) is 10.5. The summed E-state index contributed by atoms with van der Waals surface area (Å²) in [5, 5.41) is 0. The van der Waals surface area contributed by atoms with E-state index in [1.165, 1.54) is 0 Å². The number of furan rings is 1. The summed E-state index contributed by atoms with van der Waals surface area (Å²) in [5.74, 6) is 2.52. The van der Waals surface area contributed by atoms with Gasteiger partial charge in [-0.15, -0.1) is 0 Å². The molecule has 90 valence electrons. The Balaban J connectivity index is 2.02. The number of nitrogens with two attached hydrogens (primary N) is 1. The minimum absolute atomic E-state index is 0.431. The second kappa shape index (κ2) is 5.55. The first kappa shape index (κ1) is 12.4. The van der Waals surface area contributed by atoms with Crippen molar-refractivity contribution in [2.75, 3.05) is 0 Å². The van der Waals surface area contributed by atoms with E-state index in [1.807, 2.05) is 37.3 Å². The molecule has 0 saturated carbocycles. The lowest BCUT2D eigenvalue weighted by molar-refractivity contribution is 0.267.